The van der Waals surface area contributed by atoms with E-state index in [4.69, 9.17) is 0 Å². The van der Waals surface area contributed by atoms with E-state index in [0.717, 1.165) is 28.1 Å². The Balaban J connectivity index is 2.17. The molecule has 0 aliphatic rings. The summed E-state index contributed by atoms with van der Waals surface area (Å²) < 4.78 is 1.05. The monoisotopic (exact) mass is 334 g/mol. The molecule has 1 atom stereocenters. The molecule has 0 bridgehead atoms. The Labute approximate surface area is 128 Å². The van der Waals surface area contributed by atoms with Crippen molar-refractivity contribution in [3.8, 4) is 0 Å². The summed E-state index contributed by atoms with van der Waals surface area (Å²) in [5.41, 5.74) is 1.90. The predicted octanol–water partition coefficient (Wildman–Crippen LogP) is 4.50. The Hall–Kier alpha value is -1.62. The highest BCUT2D eigenvalue weighted by molar-refractivity contribution is 9.10. The predicted molar refractivity (Wildman–Crippen MR) is 87.6 cm³/mol. The van der Waals surface area contributed by atoms with Crippen LogP contribution in [0.4, 0.5) is 17.5 Å². The second-order valence-corrected chi connectivity index (χ2v) is 5.72. The van der Waals surface area contributed by atoms with Crippen molar-refractivity contribution in [1.29, 1.82) is 0 Å². The minimum atomic E-state index is 0.393. The van der Waals surface area contributed by atoms with E-state index >= 15 is 0 Å². The summed E-state index contributed by atoms with van der Waals surface area (Å²) >= 11 is 3.42. The van der Waals surface area contributed by atoms with Crippen LogP contribution in [-0.2, 0) is 0 Å². The van der Waals surface area contributed by atoms with Crippen molar-refractivity contribution in [2.75, 3.05) is 10.6 Å². The molecular weight excluding hydrogens is 316 g/mol. The Morgan fingerprint density at radius 3 is 2.55 bits per heavy atom. The van der Waals surface area contributed by atoms with Crippen LogP contribution in [0, 0.1) is 6.92 Å². The minimum Gasteiger partial charge on any atom is -0.367 e. The Morgan fingerprint density at radius 1 is 1.20 bits per heavy atom. The molecule has 1 heterocycles. The molecule has 0 saturated heterocycles. The van der Waals surface area contributed by atoms with Crippen LogP contribution in [0.3, 0.4) is 0 Å². The third-order valence-electron chi connectivity index (χ3n) is 2.96. The smallest absolute Gasteiger partial charge is 0.229 e. The maximum atomic E-state index is 4.49. The molecule has 0 radical (unpaired) electrons. The topological polar surface area (TPSA) is 49.8 Å². The summed E-state index contributed by atoms with van der Waals surface area (Å²) in [4.78, 5) is 8.90. The summed E-state index contributed by atoms with van der Waals surface area (Å²) in [6.45, 7) is 6.25. The lowest BCUT2D eigenvalue weighted by molar-refractivity contribution is 0.758. The SMILES string of the molecule is CCC(C)Nc1cc(C)nc(Nc2ccc(Br)cc2)n1. The molecule has 0 fully saturated rings. The van der Waals surface area contributed by atoms with Gasteiger partial charge < -0.3 is 10.6 Å². The number of aryl methyl sites for hydroxylation is 1. The van der Waals surface area contributed by atoms with Crippen LogP contribution >= 0.6 is 15.9 Å². The summed E-state index contributed by atoms with van der Waals surface area (Å²) in [6, 6.07) is 10.3. The normalized spacial score (nSPS) is 12.0. The third kappa shape index (κ3) is 4.20. The molecule has 5 heteroatoms. The summed E-state index contributed by atoms with van der Waals surface area (Å²) in [5, 5.41) is 6.59. The van der Waals surface area contributed by atoms with Crippen molar-refractivity contribution in [1.82, 2.24) is 9.97 Å². The second-order valence-electron chi connectivity index (χ2n) is 4.80. The third-order valence-corrected chi connectivity index (χ3v) is 3.49. The molecule has 1 aromatic carbocycles. The maximum Gasteiger partial charge on any atom is 0.229 e. The molecule has 2 aromatic rings. The first-order valence-corrected chi connectivity index (χ1v) is 7.51. The number of rotatable bonds is 5. The molecular formula is C15H19BrN4. The average molecular weight is 335 g/mol. The number of hydrogen-bond donors (Lipinski definition) is 2. The fraction of sp³-hybridized carbons (Fsp3) is 0.333. The maximum absolute atomic E-state index is 4.49. The first-order chi connectivity index (χ1) is 9.56. The van der Waals surface area contributed by atoms with E-state index in [-0.39, 0.29) is 0 Å². The molecule has 1 aromatic heterocycles. The zero-order chi connectivity index (χ0) is 14.5. The Kier molecular flexibility index (Phi) is 4.95. The number of anilines is 3. The van der Waals surface area contributed by atoms with E-state index < -0.39 is 0 Å². The van der Waals surface area contributed by atoms with Gasteiger partial charge >= 0.3 is 0 Å². The van der Waals surface area contributed by atoms with E-state index in [2.05, 4.69) is 50.4 Å². The van der Waals surface area contributed by atoms with Gasteiger partial charge in [-0.15, -0.1) is 0 Å². The molecule has 0 saturated carbocycles. The van der Waals surface area contributed by atoms with Crippen LogP contribution in [-0.4, -0.2) is 16.0 Å². The highest BCUT2D eigenvalue weighted by atomic mass is 79.9. The van der Waals surface area contributed by atoms with Gasteiger partial charge in [0.25, 0.3) is 0 Å². The molecule has 0 aliphatic carbocycles. The molecule has 0 spiro atoms. The van der Waals surface area contributed by atoms with Crippen LogP contribution in [0.25, 0.3) is 0 Å². The fourth-order valence-electron chi connectivity index (χ4n) is 1.72. The molecule has 0 amide bonds. The van der Waals surface area contributed by atoms with Gasteiger partial charge in [-0.3, -0.25) is 0 Å². The van der Waals surface area contributed by atoms with Crippen molar-refractivity contribution in [3.63, 3.8) is 0 Å². The lowest BCUT2D eigenvalue weighted by Crippen LogP contribution is -2.15. The summed E-state index contributed by atoms with van der Waals surface area (Å²) in [5.74, 6) is 1.46. The van der Waals surface area contributed by atoms with Gasteiger partial charge in [0.15, 0.2) is 0 Å². The average Bonchev–Trinajstić information content (AvgIpc) is 2.40. The van der Waals surface area contributed by atoms with Gasteiger partial charge in [-0.05, 0) is 44.5 Å². The van der Waals surface area contributed by atoms with Crippen LogP contribution < -0.4 is 10.6 Å². The van der Waals surface area contributed by atoms with Crippen LogP contribution in [0.2, 0.25) is 0 Å². The first-order valence-electron chi connectivity index (χ1n) is 6.71. The molecule has 1 unspecified atom stereocenters. The van der Waals surface area contributed by atoms with Crippen LogP contribution in [0.1, 0.15) is 26.0 Å². The van der Waals surface area contributed by atoms with E-state index in [1.807, 2.05) is 37.3 Å². The first kappa shape index (κ1) is 14.8. The lowest BCUT2D eigenvalue weighted by Gasteiger charge is -2.14. The number of benzene rings is 1. The highest BCUT2D eigenvalue weighted by Gasteiger charge is 2.05. The van der Waals surface area contributed by atoms with Gasteiger partial charge in [0.2, 0.25) is 5.95 Å². The van der Waals surface area contributed by atoms with Crippen molar-refractivity contribution in [2.45, 2.75) is 33.2 Å². The number of halogens is 1. The molecule has 4 nitrogen and oxygen atoms in total. The number of hydrogen-bond acceptors (Lipinski definition) is 4. The fourth-order valence-corrected chi connectivity index (χ4v) is 1.98. The van der Waals surface area contributed by atoms with Crippen molar-refractivity contribution in [3.05, 3.63) is 40.5 Å². The lowest BCUT2D eigenvalue weighted by atomic mass is 10.2. The molecule has 2 rings (SSSR count). The van der Waals surface area contributed by atoms with Gasteiger partial charge in [-0.1, -0.05) is 22.9 Å². The van der Waals surface area contributed by atoms with Gasteiger partial charge in [0.1, 0.15) is 5.82 Å². The highest BCUT2D eigenvalue weighted by Crippen LogP contribution is 2.19. The van der Waals surface area contributed by atoms with Gasteiger partial charge in [0.05, 0.1) is 0 Å². The molecule has 0 aliphatic heterocycles. The largest absolute Gasteiger partial charge is 0.367 e. The second kappa shape index (κ2) is 6.70. The Bertz CT molecular complexity index is 569. The zero-order valence-electron chi connectivity index (χ0n) is 11.9. The molecule has 20 heavy (non-hydrogen) atoms. The Morgan fingerprint density at radius 2 is 1.90 bits per heavy atom. The van der Waals surface area contributed by atoms with Gasteiger partial charge in [-0.25, -0.2) is 4.98 Å². The number of nitrogens with zero attached hydrogens (tertiary/aromatic N) is 2. The standard InChI is InChI=1S/C15H19BrN4/c1-4-10(2)17-14-9-11(3)18-15(20-14)19-13-7-5-12(16)6-8-13/h5-10H,4H2,1-3H3,(H2,17,18,19,20). The van der Waals surface area contributed by atoms with Crippen molar-refractivity contribution in [2.24, 2.45) is 0 Å². The van der Waals surface area contributed by atoms with Gasteiger partial charge in [0, 0.05) is 28.0 Å². The summed E-state index contributed by atoms with van der Waals surface area (Å²) in [7, 11) is 0. The minimum absolute atomic E-state index is 0.393. The van der Waals surface area contributed by atoms with E-state index in [1.54, 1.807) is 0 Å². The number of aromatic nitrogens is 2. The van der Waals surface area contributed by atoms with E-state index in [0.29, 0.717) is 12.0 Å². The van der Waals surface area contributed by atoms with Gasteiger partial charge in [-0.2, -0.15) is 4.98 Å². The van der Waals surface area contributed by atoms with Crippen LogP contribution in [0.5, 0.6) is 0 Å². The van der Waals surface area contributed by atoms with Crippen molar-refractivity contribution >= 4 is 33.4 Å². The van der Waals surface area contributed by atoms with Crippen LogP contribution in [0.15, 0.2) is 34.8 Å². The van der Waals surface area contributed by atoms with E-state index in [9.17, 15) is 0 Å². The van der Waals surface area contributed by atoms with Crippen molar-refractivity contribution < 1.29 is 0 Å². The summed E-state index contributed by atoms with van der Waals surface area (Å²) in [6.07, 6.45) is 1.05. The zero-order valence-corrected chi connectivity index (χ0v) is 13.5. The number of nitrogens with one attached hydrogen (secondary N) is 2. The quantitative estimate of drug-likeness (QED) is 0.845. The van der Waals surface area contributed by atoms with E-state index in [1.165, 1.54) is 0 Å². The molecule has 106 valence electrons. The molecule has 2 N–H and O–H groups in total.